The van der Waals surface area contributed by atoms with Crippen molar-refractivity contribution < 1.29 is 4.39 Å². The van der Waals surface area contributed by atoms with Crippen molar-refractivity contribution in [2.75, 3.05) is 25.0 Å². The van der Waals surface area contributed by atoms with E-state index >= 15 is 0 Å². The molecule has 0 radical (unpaired) electrons. The maximum Gasteiger partial charge on any atom is 0.147 e. The molecule has 110 valence electrons. The largest absolute Gasteiger partial charge is 0.379 e. The number of para-hydroxylation sites is 1. The normalized spacial score (nSPS) is 17.0. The summed E-state index contributed by atoms with van der Waals surface area (Å²) in [4.78, 5) is 2.42. The minimum atomic E-state index is -0.274. The zero-order valence-electron chi connectivity index (χ0n) is 12.1. The van der Waals surface area contributed by atoms with Gasteiger partial charge in [-0.2, -0.15) is 0 Å². The summed E-state index contributed by atoms with van der Waals surface area (Å²) < 4.78 is 13.7. The van der Waals surface area contributed by atoms with Gasteiger partial charge >= 0.3 is 0 Å². The van der Waals surface area contributed by atoms with E-state index in [0.29, 0.717) is 16.8 Å². The third kappa shape index (κ3) is 4.22. The lowest BCUT2D eigenvalue weighted by atomic mass is 10.0. The standard InChI is InChI=1S/C16H22ClFN2/c1-12(2)6-9-20-10-7-13(8-11-20)19-16-14(17)4-3-5-15(16)18/h3-6,13,19H,7-11H2,1-2H3. The molecule has 1 aromatic rings. The molecule has 0 atom stereocenters. The zero-order chi connectivity index (χ0) is 14.5. The molecule has 1 N–H and O–H groups in total. The van der Waals surface area contributed by atoms with Gasteiger partial charge in [0.1, 0.15) is 5.82 Å². The van der Waals surface area contributed by atoms with Crippen molar-refractivity contribution in [3.8, 4) is 0 Å². The van der Waals surface area contributed by atoms with Gasteiger partial charge < -0.3 is 5.32 Å². The van der Waals surface area contributed by atoms with Gasteiger partial charge in [-0.3, -0.25) is 4.90 Å². The van der Waals surface area contributed by atoms with Crippen molar-refractivity contribution in [1.82, 2.24) is 4.90 Å². The first-order valence-electron chi connectivity index (χ1n) is 7.12. The predicted molar refractivity (Wildman–Crippen MR) is 83.9 cm³/mol. The fraction of sp³-hybridized carbons (Fsp3) is 0.500. The molecule has 1 aliphatic rings. The second kappa shape index (κ2) is 7.09. The topological polar surface area (TPSA) is 15.3 Å². The third-order valence-electron chi connectivity index (χ3n) is 3.66. The molecule has 0 unspecified atom stereocenters. The monoisotopic (exact) mass is 296 g/mol. The number of nitrogens with one attached hydrogen (secondary N) is 1. The molecule has 1 fully saturated rings. The molecular weight excluding hydrogens is 275 g/mol. The molecule has 0 spiro atoms. The van der Waals surface area contributed by atoms with Crippen LogP contribution in [-0.2, 0) is 0 Å². The van der Waals surface area contributed by atoms with E-state index < -0.39 is 0 Å². The van der Waals surface area contributed by atoms with Crippen LogP contribution in [0, 0.1) is 5.82 Å². The summed E-state index contributed by atoms with van der Waals surface area (Å²) >= 11 is 6.04. The van der Waals surface area contributed by atoms with Crippen molar-refractivity contribution in [2.45, 2.75) is 32.7 Å². The van der Waals surface area contributed by atoms with E-state index in [9.17, 15) is 4.39 Å². The number of hydrogen-bond donors (Lipinski definition) is 1. The molecule has 1 heterocycles. The Bertz CT molecular complexity index is 455. The molecule has 0 bridgehead atoms. The third-order valence-corrected chi connectivity index (χ3v) is 3.97. The van der Waals surface area contributed by atoms with E-state index in [1.165, 1.54) is 11.6 Å². The number of allylic oxidation sites excluding steroid dienone is 1. The van der Waals surface area contributed by atoms with E-state index in [1.54, 1.807) is 12.1 Å². The first kappa shape index (κ1) is 15.3. The minimum Gasteiger partial charge on any atom is -0.379 e. The van der Waals surface area contributed by atoms with Gasteiger partial charge in [0, 0.05) is 25.7 Å². The van der Waals surface area contributed by atoms with Crippen LogP contribution in [0.3, 0.4) is 0 Å². The van der Waals surface area contributed by atoms with Gasteiger partial charge in [0.05, 0.1) is 10.7 Å². The number of halogens is 2. The summed E-state index contributed by atoms with van der Waals surface area (Å²) in [5.74, 6) is -0.274. The van der Waals surface area contributed by atoms with E-state index in [1.807, 2.05) is 0 Å². The number of hydrogen-bond acceptors (Lipinski definition) is 2. The van der Waals surface area contributed by atoms with Crippen LogP contribution in [0.1, 0.15) is 26.7 Å². The molecule has 2 rings (SSSR count). The van der Waals surface area contributed by atoms with Gasteiger partial charge in [-0.25, -0.2) is 4.39 Å². The smallest absolute Gasteiger partial charge is 0.147 e. The van der Waals surface area contributed by atoms with E-state index in [0.717, 1.165) is 32.5 Å². The number of benzene rings is 1. The number of piperidine rings is 1. The van der Waals surface area contributed by atoms with Crippen LogP contribution in [-0.4, -0.2) is 30.6 Å². The molecule has 0 aromatic heterocycles. The molecule has 0 aliphatic carbocycles. The summed E-state index contributed by atoms with van der Waals surface area (Å²) in [7, 11) is 0. The lowest BCUT2D eigenvalue weighted by molar-refractivity contribution is 0.239. The van der Waals surface area contributed by atoms with Gasteiger partial charge in [-0.15, -0.1) is 0 Å². The molecular formula is C16H22ClFN2. The number of nitrogens with zero attached hydrogens (tertiary/aromatic N) is 1. The molecule has 1 saturated heterocycles. The Labute approximate surface area is 125 Å². The molecule has 1 aliphatic heterocycles. The highest BCUT2D eigenvalue weighted by molar-refractivity contribution is 6.33. The van der Waals surface area contributed by atoms with Crippen molar-refractivity contribution >= 4 is 17.3 Å². The summed E-state index contributed by atoms with van der Waals surface area (Å²) in [6.45, 7) is 7.32. The van der Waals surface area contributed by atoms with Gasteiger partial charge in [0.25, 0.3) is 0 Å². The van der Waals surface area contributed by atoms with Crippen LogP contribution < -0.4 is 5.32 Å². The van der Waals surface area contributed by atoms with Gasteiger partial charge in [0.15, 0.2) is 0 Å². The average Bonchev–Trinajstić information content (AvgIpc) is 2.42. The van der Waals surface area contributed by atoms with Crippen LogP contribution in [0.4, 0.5) is 10.1 Å². The van der Waals surface area contributed by atoms with Crippen LogP contribution in [0.15, 0.2) is 29.8 Å². The quantitative estimate of drug-likeness (QED) is 0.832. The Hall–Kier alpha value is -1.06. The van der Waals surface area contributed by atoms with E-state index in [-0.39, 0.29) is 5.82 Å². The summed E-state index contributed by atoms with van der Waals surface area (Å²) in [6, 6.07) is 5.09. The first-order valence-corrected chi connectivity index (χ1v) is 7.50. The SMILES string of the molecule is CC(C)=CCN1CCC(Nc2c(F)cccc2Cl)CC1. The zero-order valence-corrected chi connectivity index (χ0v) is 12.9. The van der Waals surface area contributed by atoms with Gasteiger partial charge in [-0.1, -0.05) is 29.3 Å². The molecule has 1 aromatic carbocycles. The lowest BCUT2D eigenvalue weighted by Gasteiger charge is -2.32. The number of likely N-dealkylation sites (tertiary alicyclic amines) is 1. The molecule has 4 heteroatoms. The van der Waals surface area contributed by atoms with Crippen LogP contribution in [0.25, 0.3) is 0 Å². The Morgan fingerprint density at radius 3 is 2.70 bits per heavy atom. The predicted octanol–water partition coefficient (Wildman–Crippen LogP) is 4.32. The Morgan fingerprint density at radius 1 is 1.40 bits per heavy atom. The van der Waals surface area contributed by atoms with E-state index in [2.05, 4.69) is 30.1 Å². The average molecular weight is 297 g/mol. The second-order valence-corrected chi connectivity index (χ2v) is 6.00. The lowest BCUT2D eigenvalue weighted by Crippen LogP contribution is -2.39. The number of anilines is 1. The van der Waals surface area contributed by atoms with Crippen LogP contribution in [0.5, 0.6) is 0 Å². The summed E-state index contributed by atoms with van der Waals surface area (Å²) in [5.41, 5.74) is 1.79. The van der Waals surface area contributed by atoms with Crippen molar-refractivity contribution in [3.63, 3.8) is 0 Å². The van der Waals surface area contributed by atoms with Crippen LogP contribution in [0.2, 0.25) is 5.02 Å². The van der Waals surface area contributed by atoms with Crippen molar-refractivity contribution in [1.29, 1.82) is 0 Å². The Morgan fingerprint density at radius 2 is 2.10 bits per heavy atom. The minimum absolute atomic E-state index is 0.274. The summed E-state index contributed by atoms with van der Waals surface area (Å²) in [5, 5.41) is 3.71. The fourth-order valence-electron chi connectivity index (χ4n) is 2.41. The second-order valence-electron chi connectivity index (χ2n) is 5.60. The Kier molecular flexibility index (Phi) is 5.44. The molecule has 0 saturated carbocycles. The fourth-order valence-corrected chi connectivity index (χ4v) is 2.63. The highest BCUT2D eigenvalue weighted by Gasteiger charge is 2.20. The summed E-state index contributed by atoms with van der Waals surface area (Å²) in [6.07, 6.45) is 4.28. The molecule has 20 heavy (non-hydrogen) atoms. The van der Waals surface area contributed by atoms with Gasteiger partial charge in [0.2, 0.25) is 0 Å². The Balaban J connectivity index is 1.87. The number of rotatable bonds is 4. The molecule has 2 nitrogen and oxygen atoms in total. The molecule has 0 amide bonds. The van der Waals surface area contributed by atoms with Crippen molar-refractivity contribution in [3.05, 3.63) is 40.7 Å². The van der Waals surface area contributed by atoms with Gasteiger partial charge in [-0.05, 0) is 38.8 Å². The maximum absolute atomic E-state index is 13.7. The van der Waals surface area contributed by atoms with Crippen molar-refractivity contribution in [2.24, 2.45) is 0 Å². The maximum atomic E-state index is 13.7. The van der Waals surface area contributed by atoms with Crippen LogP contribution >= 0.6 is 11.6 Å². The van der Waals surface area contributed by atoms with E-state index in [4.69, 9.17) is 11.6 Å². The highest BCUT2D eigenvalue weighted by atomic mass is 35.5. The highest BCUT2D eigenvalue weighted by Crippen LogP contribution is 2.27. The first-order chi connectivity index (χ1) is 9.56.